The van der Waals surface area contributed by atoms with Gasteiger partial charge in [0.25, 0.3) is 0 Å². The van der Waals surface area contributed by atoms with Crippen LogP contribution in [0.5, 0.6) is 0 Å². The van der Waals surface area contributed by atoms with E-state index >= 15 is 0 Å². The summed E-state index contributed by atoms with van der Waals surface area (Å²) in [5.74, 6) is 0.0284. The van der Waals surface area contributed by atoms with E-state index in [-0.39, 0.29) is 11.8 Å². The molecule has 2 amide bonds. The highest BCUT2D eigenvalue weighted by Gasteiger charge is 2.23. The average Bonchev–Trinajstić information content (AvgIpc) is 2.59. The topological polar surface area (TPSA) is 47.1 Å². The van der Waals surface area contributed by atoms with E-state index in [1.165, 1.54) is 12.2 Å². The van der Waals surface area contributed by atoms with E-state index in [0.717, 1.165) is 52.4 Å². The van der Waals surface area contributed by atoms with E-state index in [2.05, 4.69) is 21.8 Å². The van der Waals surface area contributed by atoms with Gasteiger partial charge in [-0.05, 0) is 12.2 Å². The second-order valence-corrected chi connectivity index (χ2v) is 7.29. The Morgan fingerprint density at radius 3 is 1.27 bits per heavy atom. The molecule has 0 aliphatic carbocycles. The molecule has 0 saturated carbocycles. The van der Waals surface area contributed by atoms with Gasteiger partial charge in [-0.15, -0.1) is 0 Å². The van der Waals surface area contributed by atoms with Gasteiger partial charge in [0.2, 0.25) is 11.8 Å². The molecule has 22 heavy (non-hydrogen) atoms. The van der Waals surface area contributed by atoms with Gasteiger partial charge in [0.05, 0.1) is 0 Å². The molecule has 0 aromatic heterocycles. The van der Waals surface area contributed by atoms with E-state index in [9.17, 15) is 9.59 Å². The predicted molar refractivity (Wildman–Crippen MR) is 91.9 cm³/mol. The molecule has 0 unspecified atom stereocenters. The van der Waals surface area contributed by atoms with Crippen molar-refractivity contribution in [3.63, 3.8) is 0 Å². The SMILES string of the molecule is C=CC(=O)N1CCN(SSN2CCN(C(=O)C=C)CC2)CC1. The summed E-state index contributed by atoms with van der Waals surface area (Å²) in [4.78, 5) is 26.7. The molecule has 2 saturated heterocycles. The van der Waals surface area contributed by atoms with Gasteiger partial charge in [-0.2, -0.15) is 0 Å². The summed E-state index contributed by atoms with van der Waals surface area (Å²) in [6.45, 7) is 13.5. The minimum Gasteiger partial charge on any atom is -0.337 e. The molecule has 2 fully saturated rings. The van der Waals surface area contributed by atoms with Crippen LogP contribution in [0.15, 0.2) is 25.3 Å². The first-order chi connectivity index (χ1) is 10.6. The Morgan fingerprint density at radius 1 is 0.682 bits per heavy atom. The fraction of sp³-hybridized carbons (Fsp3) is 0.571. The Kier molecular flexibility index (Phi) is 6.81. The van der Waals surface area contributed by atoms with Crippen molar-refractivity contribution in [1.82, 2.24) is 18.4 Å². The van der Waals surface area contributed by atoms with E-state index in [1.54, 1.807) is 22.0 Å². The van der Waals surface area contributed by atoms with Gasteiger partial charge in [0.15, 0.2) is 0 Å². The molecule has 6 nitrogen and oxygen atoms in total. The lowest BCUT2D eigenvalue weighted by Crippen LogP contribution is -2.47. The first-order valence-corrected chi connectivity index (χ1v) is 9.37. The van der Waals surface area contributed by atoms with Crippen LogP contribution >= 0.6 is 22.0 Å². The summed E-state index contributed by atoms with van der Waals surface area (Å²) < 4.78 is 4.55. The van der Waals surface area contributed by atoms with Crippen molar-refractivity contribution in [2.75, 3.05) is 52.4 Å². The molecule has 0 aromatic rings. The number of hydrogen-bond donors (Lipinski definition) is 0. The average molecular weight is 342 g/mol. The van der Waals surface area contributed by atoms with Crippen LogP contribution in [-0.4, -0.2) is 82.6 Å². The lowest BCUT2D eigenvalue weighted by molar-refractivity contribution is -0.127. The smallest absolute Gasteiger partial charge is 0.246 e. The molecule has 0 bridgehead atoms. The standard InChI is InChI=1S/C14H22N4O2S2/c1-3-13(19)15-5-9-17(10-6-15)21-22-18-11-7-16(8-12-18)14(20)4-2/h3-4H,1-2,5-12H2. The number of carbonyl (C=O) groups is 2. The zero-order chi connectivity index (χ0) is 15.9. The highest BCUT2D eigenvalue weighted by molar-refractivity contribution is 8.74. The third-order valence-corrected chi connectivity index (χ3v) is 6.38. The van der Waals surface area contributed by atoms with Gasteiger partial charge in [-0.3, -0.25) is 9.59 Å². The summed E-state index contributed by atoms with van der Waals surface area (Å²) in [5, 5.41) is 0. The van der Waals surface area contributed by atoms with Crippen LogP contribution < -0.4 is 0 Å². The number of carbonyl (C=O) groups excluding carboxylic acids is 2. The molecule has 0 spiro atoms. The van der Waals surface area contributed by atoms with Gasteiger partial charge in [0, 0.05) is 74.3 Å². The predicted octanol–water partition coefficient (Wildman–Crippen LogP) is 0.858. The second kappa shape index (κ2) is 8.61. The van der Waals surface area contributed by atoms with Crippen LogP contribution in [0.4, 0.5) is 0 Å². The molecule has 0 atom stereocenters. The van der Waals surface area contributed by atoms with Crippen molar-refractivity contribution in [3.8, 4) is 0 Å². The highest BCUT2D eigenvalue weighted by Crippen LogP contribution is 2.31. The third-order valence-electron chi connectivity index (χ3n) is 3.69. The van der Waals surface area contributed by atoms with Crippen LogP contribution in [0.1, 0.15) is 0 Å². The summed E-state index contributed by atoms with van der Waals surface area (Å²) in [5.41, 5.74) is 0. The number of piperazine rings is 2. The van der Waals surface area contributed by atoms with Gasteiger partial charge in [-0.1, -0.05) is 13.2 Å². The van der Waals surface area contributed by atoms with Gasteiger partial charge in [-0.25, -0.2) is 8.61 Å². The second-order valence-electron chi connectivity index (χ2n) is 5.07. The fourth-order valence-electron chi connectivity index (χ4n) is 2.32. The van der Waals surface area contributed by atoms with Crippen LogP contribution in [0, 0.1) is 0 Å². The number of rotatable bonds is 5. The van der Waals surface area contributed by atoms with Crippen LogP contribution in [-0.2, 0) is 9.59 Å². The summed E-state index contributed by atoms with van der Waals surface area (Å²) in [6, 6.07) is 0. The summed E-state index contributed by atoms with van der Waals surface area (Å²) in [6.07, 6.45) is 2.75. The summed E-state index contributed by atoms with van der Waals surface area (Å²) >= 11 is 0. The van der Waals surface area contributed by atoms with Crippen LogP contribution in [0.25, 0.3) is 0 Å². The number of hydrogen-bond acceptors (Lipinski definition) is 6. The van der Waals surface area contributed by atoms with E-state index < -0.39 is 0 Å². The van der Waals surface area contributed by atoms with Crippen LogP contribution in [0.3, 0.4) is 0 Å². The van der Waals surface area contributed by atoms with E-state index in [0.29, 0.717) is 0 Å². The Balaban J connectivity index is 1.64. The Bertz CT molecular complexity index is 391. The molecule has 0 aromatic carbocycles. The van der Waals surface area contributed by atoms with Crippen molar-refractivity contribution in [3.05, 3.63) is 25.3 Å². The first-order valence-electron chi connectivity index (χ1n) is 7.31. The van der Waals surface area contributed by atoms with Gasteiger partial charge < -0.3 is 9.80 Å². The number of nitrogens with zero attached hydrogens (tertiary/aromatic N) is 4. The molecule has 0 radical (unpaired) electrons. The monoisotopic (exact) mass is 342 g/mol. The Hall–Kier alpha value is -0.960. The zero-order valence-corrected chi connectivity index (χ0v) is 14.3. The largest absolute Gasteiger partial charge is 0.337 e. The van der Waals surface area contributed by atoms with E-state index in [1.807, 2.05) is 9.80 Å². The Labute approximate surface area is 139 Å². The van der Waals surface area contributed by atoms with Crippen molar-refractivity contribution in [2.24, 2.45) is 0 Å². The Morgan fingerprint density at radius 2 is 1.00 bits per heavy atom. The molecule has 0 N–H and O–H groups in total. The molecular formula is C14H22N4O2S2. The summed E-state index contributed by atoms with van der Waals surface area (Å²) in [7, 11) is 3.46. The number of amides is 2. The molecular weight excluding hydrogens is 320 g/mol. The van der Waals surface area contributed by atoms with Gasteiger partial charge >= 0.3 is 0 Å². The maximum atomic E-state index is 11.5. The normalized spacial score (nSPS) is 20.7. The van der Waals surface area contributed by atoms with Crippen molar-refractivity contribution < 1.29 is 9.59 Å². The van der Waals surface area contributed by atoms with E-state index in [4.69, 9.17) is 0 Å². The maximum Gasteiger partial charge on any atom is 0.246 e. The van der Waals surface area contributed by atoms with Gasteiger partial charge in [0.1, 0.15) is 0 Å². The lowest BCUT2D eigenvalue weighted by Gasteiger charge is -2.36. The molecule has 2 aliphatic heterocycles. The minimum atomic E-state index is 0.0142. The van der Waals surface area contributed by atoms with Crippen LogP contribution in [0.2, 0.25) is 0 Å². The first kappa shape index (κ1) is 17.4. The van der Waals surface area contributed by atoms with Crippen molar-refractivity contribution in [1.29, 1.82) is 0 Å². The molecule has 122 valence electrons. The molecule has 2 rings (SSSR count). The van der Waals surface area contributed by atoms with Crippen molar-refractivity contribution in [2.45, 2.75) is 0 Å². The molecule has 2 aliphatic rings. The molecule has 8 heteroatoms. The molecule has 2 heterocycles. The quantitative estimate of drug-likeness (QED) is 0.420. The fourth-order valence-corrected chi connectivity index (χ4v) is 4.59. The lowest BCUT2D eigenvalue weighted by atomic mass is 10.3. The third kappa shape index (κ3) is 4.77. The zero-order valence-electron chi connectivity index (χ0n) is 12.6. The minimum absolute atomic E-state index is 0.0142. The highest BCUT2D eigenvalue weighted by atomic mass is 33.1. The van der Waals surface area contributed by atoms with Crippen molar-refractivity contribution >= 4 is 33.8 Å². The maximum absolute atomic E-state index is 11.5.